The Bertz CT molecular complexity index is 731. The van der Waals surface area contributed by atoms with Crippen molar-refractivity contribution in [3.63, 3.8) is 0 Å². The molecule has 0 saturated carbocycles. The summed E-state index contributed by atoms with van der Waals surface area (Å²) in [6.07, 6.45) is 0.111. The molecule has 0 heterocycles. The summed E-state index contributed by atoms with van der Waals surface area (Å²) in [6, 6.07) is 13.9. The molecule has 5 heteroatoms. The fourth-order valence-corrected chi connectivity index (χ4v) is 2.44. The molecule has 0 aliphatic heterocycles. The zero-order valence-electron chi connectivity index (χ0n) is 13.9. The number of hydrogen-bond acceptors (Lipinski definition) is 2. The van der Waals surface area contributed by atoms with E-state index >= 15 is 0 Å². The highest BCUT2D eigenvalue weighted by molar-refractivity contribution is 5.92. The van der Waals surface area contributed by atoms with Crippen LogP contribution in [0.15, 0.2) is 48.5 Å². The molecule has 0 atom stereocenters. The fourth-order valence-electron chi connectivity index (χ4n) is 2.44. The van der Waals surface area contributed by atoms with Crippen LogP contribution in [0.3, 0.4) is 0 Å². The maximum absolute atomic E-state index is 13.8. The van der Waals surface area contributed by atoms with E-state index in [1.807, 2.05) is 31.2 Å². The van der Waals surface area contributed by atoms with E-state index in [1.165, 1.54) is 24.0 Å². The third-order valence-corrected chi connectivity index (χ3v) is 3.66. The summed E-state index contributed by atoms with van der Waals surface area (Å²) >= 11 is 0. The molecule has 4 nitrogen and oxygen atoms in total. The topological polar surface area (TPSA) is 49.4 Å². The first-order valence-corrected chi connectivity index (χ1v) is 7.82. The smallest absolute Gasteiger partial charge is 0.223 e. The van der Waals surface area contributed by atoms with E-state index in [1.54, 1.807) is 12.1 Å². The van der Waals surface area contributed by atoms with Gasteiger partial charge in [0.15, 0.2) is 0 Å². The highest BCUT2D eigenvalue weighted by Crippen LogP contribution is 2.19. The minimum atomic E-state index is -0.479. The number of carbonyl (C=O) groups excluding carboxylic acids is 2. The van der Waals surface area contributed by atoms with Crippen LogP contribution in [0.4, 0.5) is 10.1 Å². The lowest BCUT2D eigenvalue weighted by molar-refractivity contribution is -0.121. The van der Waals surface area contributed by atoms with Gasteiger partial charge in [-0.25, -0.2) is 4.39 Å². The summed E-state index contributed by atoms with van der Waals surface area (Å²) in [5, 5.41) is 2.82. The molecule has 0 aliphatic rings. The van der Waals surface area contributed by atoms with Gasteiger partial charge < -0.3 is 10.2 Å². The van der Waals surface area contributed by atoms with Gasteiger partial charge in [0.05, 0.1) is 5.69 Å². The predicted octanol–water partition coefficient (Wildman–Crippen LogP) is 3.19. The second-order valence-electron chi connectivity index (χ2n) is 5.64. The number of carbonyl (C=O) groups is 2. The third-order valence-electron chi connectivity index (χ3n) is 3.66. The molecular formula is C19H21FN2O2. The van der Waals surface area contributed by atoms with Crippen molar-refractivity contribution < 1.29 is 14.0 Å². The summed E-state index contributed by atoms with van der Waals surface area (Å²) in [6.45, 7) is 3.91. The van der Waals surface area contributed by atoms with Gasteiger partial charge in [0, 0.05) is 26.4 Å². The average Bonchev–Trinajstić information content (AvgIpc) is 2.54. The number of halogens is 1. The fraction of sp³-hybridized carbons (Fsp3) is 0.263. The zero-order valence-corrected chi connectivity index (χ0v) is 13.9. The maximum Gasteiger partial charge on any atom is 0.223 e. The Balaban J connectivity index is 1.91. The highest BCUT2D eigenvalue weighted by atomic mass is 19.1. The second-order valence-corrected chi connectivity index (χ2v) is 5.64. The molecule has 1 N–H and O–H groups in total. The molecule has 126 valence electrons. The number of nitrogens with one attached hydrogen (secondary N) is 1. The van der Waals surface area contributed by atoms with Gasteiger partial charge in [-0.2, -0.15) is 0 Å². The van der Waals surface area contributed by atoms with E-state index in [-0.39, 0.29) is 30.5 Å². The van der Waals surface area contributed by atoms with Crippen LogP contribution < -0.4 is 10.2 Å². The minimum Gasteiger partial charge on any atom is -0.352 e. The summed E-state index contributed by atoms with van der Waals surface area (Å²) in [4.78, 5) is 25.0. The van der Waals surface area contributed by atoms with Crippen molar-refractivity contribution in [1.29, 1.82) is 0 Å². The van der Waals surface area contributed by atoms with Gasteiger partial charge in [0.25, 0.3) is 0 Å². The van der Waals surface area contributed by atoms with Gasteiger partial charge in [0.2, 0.25) is 11.8 Å². The Morgan fingerprint density at radius 2 is 1.88 bits per heavy atom. The molecule has 0 saturated heterocycles. The molecule has 0 aromatic heterocycles. The normalized spacial score (nSPS) is 10.3. The number of hydrogen-bond donors (Lipinski definition) is 1. The quantitative estimate of drug-likeness (QED) is 0.885. The number of nitrogens with zero attached hydrogens (tertiary/aromatic N) is 1. The van der Waals surface area contributed by atoms with Crippen molar-refractivity contribution >= 4 is 17.5 Å². The largest absolute Gasteiger partial charge is 0.352 e. The molecule has 0 radical (unpaired) electrons. The van der Waals surface area contributed by atoms with Crippen LogP contribution in [0, 0.1) is 12.7 Å². The molecule has 0 unspecified atom stereocenters. The Hall–Kier alpha value is -2.69. The number of rotatable bonds is 6. The van der Waals surface area contributed by atoms with E-state index in [0.717, 1.165) is 11.1 Å². The average molecular weight is 328 g/mol. The molecule has 2 aromatic carbocycles. The van der Waals surface area contributed by atoms with E-state index < -0.39 is 5.82 Å². The van der Waals surface area contributed by atoms with Gasteiger partial charge in [-0.05, 0) is 24.6 Å². The van der Waals surface area contributed by atoms with Crippen LogP contribution >= 0.6 is 0 Å². The highest BCUT2D eigenvalue weighted by Gasteiger charge is 2.16. The first kappa shape index (κ1) is 17.7. The zero-order chi connectivity index (χ0) is 17.5. The van der Waals surface area contributed by atoms with Gasteiger partial charge in [-0.15, -0.1) is 0 Å². The summed E-state index contributed by atoms with van der Waals surface area (Å²) < 4.78 is 13.8. The van der Waals surface area contributed by atoms with Crippen LogP contribution in [-0.4, -0.2) is 18.4 Å². The van der Waals surface area contributed by atoms with Crippen molar-refractivity contribution in [3.05, 3.63) is 65.5 Å². The lowest BCUT2D eigenvalue weighted by Gasteiger charge is -2.21. The van der Waals surface area contributed by atoms with Crippen molar-refractivity contribution in [2.45, 2.75) is 26.8 Å². The molecule has 0 fully saturated rings. The third kappa shape index (κ3) is 4.91. The van der Waals surface area contributed by atoms with Crippen molar-refractivity contribution in [2.24, 2.45) is 0 Å². The van der Waals surface area contributed by atoms with Crippen molar-refractivity contribution in [2.75, 3.05) is 11.4 Å². The lowest BCUT2D eigenvalue weighted by Crippen LogP contribution is -2.34. The molecular weight excluding hydrogens is 307 g/mol. The summed E-state index contributed by atoms with van der Waals surface area (Å²) in [7, 11) is 0. The number of benzene rings is 2. The van der Waals surface area contributed by atoms with E-state index in [2.05, 4.69) is 5.32 Å². The summed E-state index contributed by atoms with van der Waals surface area (Å²) in [5.41, 5.74) is 2.33. The monoisotopic (exact) mass is 328 g/mol. The molecule has 2 rings (SSSR count). The molecule has 24 heavy (non-hydrogen) atoms. The van der Waals surface area contributed by atoms with Gasteiger partial charge in [-0.1, -0.05) is 42.0 Å². The second kappa shape index (κ2) is 8.24. The van der Waals surface area contributed by atoms with Crippen LogP contribution in [-0.2, 0) is 16.1 Å². The molecule has 0 bridgehead atoms. The van der Waals surface area contributed by atoms with Crippen LogP contribution in [0.25, 0.3) is 0 Å². The first-order chi connectivity index (χ1) is 11.5. The Morgan fingerprint density at radius 3 is 2.54 bits per heavy atom. The summed E-state index contributed by atoms with van der Waals surface area (Å²) in [5.74, 6) is -0.960. The SMILES string of the molecule is CC(=O)N(CCC(=O)NCc1cccc(C)c1)c1ccccc1F. The lowest BCUT2D eigenvalue weighted by atomic mass is 10.1. The Labute approximate surface area is 141 Å². The van der Waals surface area contributed by atoms with Gasteiger partial charge in [-0.3, -0.25) is 9.59 Å². The van der Waals surface area contributed by atoms with E-state index in [4.69, 9.17) is 0 Å². The van der Waals surface area contributed by atoms with Crippen molar-refractivity contribution in [3.8, 4) is 0 Å². The minimum absolute atomic E-state index is 0.111. The number of aryl methyl sites for hydroxylation is 1. The predicted molar refractivity (Wildman–Crippen MR) is 92.1 cm³/mol. The molecule has 2 amide bonds. The van der Waals surface area contributed by atoms with Gasteiger partial charge in [0.1, 0.15) is 5.82 Å². The number of anilines is 1. The van der Waals surface area contributed by atoms with Crippen molar-refractivity contribution in [1.82, 2.24) is 5.32 Å². The van der Waals surface area contributed by atoms with Gasteiger partial charge >= 0.3 is 0 Å². The standard InChI is InChI=1S/C19H21FN2O2/c1-14-6-5-7-16(12-14)13-21-19(24)10-11-22(15(2)23)18-9-4-3-8-17(18)20/h3-9,12H,10-11,13H2,1-2H3,(H,21,24). The Morgan fingerprint density at radius 1 is 1.12 bits per heavy atom. The number of amides is 2. The van der Waals surface area contributed by atoms with Crippen LogP contribution in [0.2, 0.25) is 0 Å². The molecule has 0 spiro atoms. The maximum atomic E-state index is 13.8. The number of para-hydroxylation sites is 1. The first-order valence-electron chi connectivity index (χ1n) is 7.82. The molecule has 0 aliphatic carbocycles. The van der Waals surface area contributed by atoms with E-state index in [0.29, 0.717) is 6.54 Å². The molecule has 2 aromatic rings. The van der Waals surface area contributed by atoms with Crippen LogP contribution in [0.1, 0.15) is 24.5 Å². The Kier molecular flexibility index (Phi) is 6.07. The van der Waals surface area contributed by atoms with Crippen LogP contribution in [0.5, 0.6) is 0 Å². The van der Waals surface area contributed by atoms with E-state index in [9.17, 15) is 14.0 Å².